The summed E-state index contributed by atoms with van der Waals surface area (Å²) in [5.41, 5.74) is 3.03. The Bertz CT molecular complexity index is 1030. The number of nitrogens with zero attached hydrogens (tertiary/aromatic N) is 2. The fourth-order valence-corrected chi connectivity index (χ4v) is 3.74. The van der Waals surface area contributed by atoms with Crippen molar-refractivity contribution in [1.29, 1.82) is 0 Å². The first-order valence-corrected chi connectivity index (χ1v) is 9.65. The van der Waals surface area contributed by atoms with Crippen molar-refractivity contribution < 1.29 is 4.74 Å². The van der Waals surface area contributed by atoms with Crippen LogP contribution in [0.1, 0.15) is 30.3 Å². The molecule has 0 saturated carbocycles. The molecule has 6 heteroatoms. The molecule has 3 aromatic rings. The van der Waals surface area contributed by atoms with Crippen molar-refractivity contribution in [3.8, 4) is 5.75 Å². The molecule has 0 bridgehead atoms. The SMILES string of the molecule is CCCN(Cc1ccc2c(c1)CCO2)Cc1nc2cc(Cl)ccc2c(=O)[nH]1. The van der Waals surface area contributed by atoms with E-state index in [1.54, 1.807) is 18.2 Å². The van der Waals surface area contributed by atoms with Gasteiger partial charge in [-0.3, -0.25) is 9.69 Å². The number of halogens is 1. The third-order valence-electron chi connectivity index (χ3n) is 4.79. The second kappa shape index (κ2) is 7.71. The highest BCUT2D eigenvalue weighted by molar-refractivity contribution is 6.31. The average molecular weight is 384 g/mol. The number of aromatic amines is 1. The largest absolute Gasteiger partial charge is 0.493 e. The summed E-state index contributed by atoms with van der Waals surface area (Å²) in [6.45, 7) is 5.23. The minimum Gasteiger partial charge on any atom is -0.493 e. The Morgan fingerprint density at radius 3 is 2.96 bits per heavy atom. The topological polar surface area (TPSA) is 58.2 Å². The second-order valence-corrected chi connectivity index (χ2v) is 7.36. The normalized spacial score (nSPS) is 13.1. The minimum absolute atomic E-state index is 0.127. The molecule has 1 aliphatic rings. The van der Waals surface area contributed by atoms with Crippen LogP contribution in [-0.2, 0) is 19.5 Å². The predicted octanol–water partition coefficient (Wildman–Crippen LogP) is 3.92. The van der Waals surface area contributed by atoms with E-state index in [0.717, 1.165) is 38.3 Å². The Morgan fingerprint density at radius 1 is 1.22 bits per heavy atom. The van der Waals surface area contributed by atoms with Crippen LogP contribution >= 0.6 is 11.6 Å². The molecular weight excluding hydrogens is 362 g/mol. The molecular formula is C21H22ClN3O2. The molecule has 2 heterocycles. The van der Waals surface area contributed by atoms with Gasteiger partial charge in [-0.05, 0) is 48.4 Å². The molecule has 1 aliphatic heterocycles. The van der Waals surface area contributed by atoms with Gasteiger partial charge in [-0.25, -0.2) is 4.98 Å². The van der Waals surface area contributed by atoms with E-state index >= 15 is 0 Å². The van der Waals surface area contributed by atoms with E-state index in [9.17, 15) is 4.79 Å². The second-order valence-electron chi connectivity index (χ2n) is 6.93. The number of benzene rings is 2. The molecule has 4 rings (SSSR count). The van der Waals surface area contributed by atoms with E-state index in [2.05, 4.69) is 40.0 Å². The van der Waals surface area contributed by atoms with Crippen molar-refractivity contribution in [2.45, 2.75) is 32.9 Å². The first kappa shape index (κ1) is 18.0. The number of aromatic nitrogens is 2. The first-order chi connectivity index (χ1) is 13.1. The van der Waals surface area contributed by atoms with Crippen molar-refractivity contribution in [3.63, 3.8) is 0 Å². The standard InChI is InChI=1S/C21H22ClN3O2/c1-2-8-25(12-14-3-6-19-15(10-14)7-9-27-19)13-20-23-18-11-16(22)4-5-17(18)21(26)24-20/h3-6,10-11H,2,7-9,12-13H2,1H3,(H,23,24,26). The quantitative estimate of drug-likeness (QED) is 0.700. The molecule has 0 spiro atoms. The summed E-state index contributed by atoms with van der Waals surface area (Å²) in [7, 11) is 0. The zero-order valence-corrected chi connectivity index (χ0v) is 16.1. The summed E-state index contributed by atoms with van der Waals surface area (Å²) in [4.78, 5) is 22.2. The van der Waals surface area contributed by atoms with Gasteiger partial charge in [0.15, 0.2) is 0 Å². The lowest BCUT2D eigenvalue weighted by atomic mass is 10.1. The van der Waals surface area contributed by atoms with Crippen molar-refractivity contribution >= 4 is 22.5 Å². The number of fused-ring (bicyclic) bond motifs is 2. The number of rotatable bonds is 6. The molecule has 0 saturated heterocycles. The van der Waals surface area contributed by atoms with E-state index in [1.807, 2.05) is 0 Å². The number of hydrogen-bond acceptors (Lipinski definition) is 4. The summed E-state index contributed by atoms with van der Waals surface area (Å²) in [5, 5.41) is 1.14. The maximum absolute atomic E-state index is 12.4. The van der Waals surface area contributed by atoms with Gasteiger partial charge in [0.2, 0.25) is 0 Å². The van der Waals surface area contributed by atoms with Gasteiger partial charge in [0, 0.05) is 18.0 Å². The van der Waals surface area contributed by atoms with Crippen LogP contribution in [0.4, 0.5) is 0 Å². The highest BCUT2D eigenvalue weighted by Crippen LogP contribution is 2.26. The van der Waals surface area contributed by atoms with Crippen LogP contribution in [0.2, 0.25) is 5.02 Å². The van der Waals surface area contributed by atoms with Crippen LogP contribution in [0.3, 0.4) is 0 Å². The molecule has 0 fully saturated rings. The first-order valence-electron chi connectivity index (χ1n) is 9.28. The summed E-state index contributed by atoms with van der Waals surface area (Å²) in [6, 6.07) is 11.6. The van der Waals surface area contributed by atoms with Gasteiger partial charge in [-0.1, -0.05) is 30.7 Å². The van der Waals surface area contributed by atoms with Gasteiger partial charge in [0.25, 0.3) is 5.56 Å². The van der Waals surface area contributed by atoms with Crippen molar-refractivity contribution in [3.05, 3.63) is 68.7 Å². The lowest BCUT2D eigenvalue weighted by molar-refractivity contribution is 0.251. The van der Waals surface area contributed by atoms with Crippen LogP contribution in [0.5, 0.6) is 5.75 Å². The van der Waals surface area contributed by atoms with Crippen LogP contribution in [-0.4, -0.2) is 28.0 Å². The van der Waals surface area contributed by atoms with Gasteiger partial charge >= 0.3 is 0 Å². The van der Waals surface area contributed by atoms with E-state index in [4.69, 9.17) is 16.3 Å². The fourth-order valence-electron chi connectivity index (χ4n) is 3.57. The molecule has 140 valence electrons. The van der Waals surface area contributed by atoms with Crippen molar-refractivity contribution in [1.82, 2.24) is 14.9 Å². The Kier molecular flexibility index (Phi) is 5.14. The number of nitrogens with one attached hydrogen (secondary N) is 1. The van der Waals surface area contributed by atoms with Gasteiger partial charge in [-0.2, -0.15) is 0 Å². The van der Waals surface area contributed by atoms with E-state index in [-0.39, 0.29) is 5.56 Å². The highest BCUT2D eigenvalue weighted by atomic mass is 35.5. The minimum atomic E-state index is -0.127. The average Bonchev–Trinajstić information content (AvgIpc) is 3.09. The van der Waals surface area contributed by atoms with Gasteiger partial charge < -0.3 is 9.72 Å². The highest BCUT2D eigenvalue weighted by Gasteiger charge is 2.14. The van der Waals surface area contributed by atoms with Crippen LogP contribution in [0, 0.1) is 0 Å². The lowest BCUT2D eigenvalue weighted by Gasteiger charge is -2.21. The van der Waals surface area contributed by atoms with E-state index < -0.39 is 0 Å². The molecule has 1 aromatic heterocycles. The molecule has 2 aromatic carbocycles. The van der Waals surface area contributed by atoms with E-state index in [1.165, 1.54) is 11.1 Å². The smallest absolute Gasteiger partial charge is 0.258 e. The Hall–Kier alpha value is -2.37. The predicted molar refractivity (Wildman–Crippen MR) is 107 cm³/mol. The summed E-state index contributed by atoms with van der Waals surface area (Å²) >= 11 is 6.06. The van der Waals surface area contributed by atoms with Gasteiger partial charge in [-0.15, -0.1) is 0 Å². The van der Waals surface area contributed by atoms with E-state index in [0.29, 0.717) is 28.3 Å². The lowest BCUT2D eigenvalue weighted by Crippen LogP contribution is -2.26. The van der Waals surface area contributed by atoms with Crippen LogP contribution < -0.4 is 10.3 Å². The van der Waals surface area contributed by atoms with Crippen LogP contribution in [0.15, 0.2) is 41.2 Å². The molecule has 5 nitrogen and oxygen atoms in total. The number of ether oxygens (including phenoxy) is 1. The summed E-state index contributed by atoms with van der Waals surface area (Å²) in [6.07, 6.45) is 1.99. The molecule has 1 N–H and O–H groups in total. The van der Waals surface area contributed by atoms with Gasteiger partial charge in [0.05, 0.1) is 24.1 Å². The molecule has 0 aliphatic carbocycles. The van der Waals surface area contributed by atoms with Gasteiger partial charge in [0.1, 0.15) is 11.6 Å². The molecule has 0 unspecified atom stereocenters. The maximum Gasteiger partial charge on any atom is 0.258 e. The summed E-state index contributed by atoms with van der Waals surface area (Å²) in [5.74, 6) is 1.66. The fraction of sp³-hybridized carbons (Fsp3) is 0.333. The third-order valence-corrected chi connectivity index (χ3v) is 5.03. The zero-order chi connectivity index (χ0) is 18.8. The van der Waals surface area contributed by atoms with Crippen molar-refractivity contribution in [2.24, 2.45) is 0 Å². The Labute approximate surface area is 162 Å². The molecule has 0 radical (unpaired) electrons. The number of H-pyrrole nitrogens is 1. The third kappa shape index (κ3) is 3.99. The Balaban J connectivity index is 1.58. The van der Waals surface area contributed by atoms with Crippen molar-refractivity contribution in [2.75, 3.05) is 13.2 Å². The summed E-state index contributed by atoms with van der Waals surface area (Å²) < 4.78 is 5.59. The number of hydrogen-bond donors (Lipinski definition) is 1. The Morgan fingerprint density at radius 2 is 2.11 bits per heavy atom. The zero-order valence-electron chi connectivity index (χ0n) is 15.3. The monoisotopic (exact) mass is 383 g/mol. The van der Waals surface area contributed by atoms with Crippen LogP contribution in [0.25, 0.3) is 10.9 Å². The maximum atomic E-state index is 12.4. The molecule has 27 heavy (non-hydrogen) atoms. The molecule has 0 amide bonds. The molecule has 0 atom stereocenters.